The largest absolute Gasteiger partial charge is 0.507 e. The minimum absolute atomic E-state index is 0.166. The molecule has 1 aromatic carbocycles. The smallest absolute Gasteiger partial charge is 0.303 e. The van der Waals surface area contributed by atoms with Crippen LogP contribution in [-0.4, -0.2) is 16.2 Å². The number of phenols is 1. The van der Waals surface area contributed by atoms with Crippen LogP contribution in [0.2, 0.25) is 0 Å². The van der Waals surface area contributed by atoms with Gasteiger partial charge in [0, 0.05) is 6.42 Å². The SMILES string of the molecule is CC(CCC(=O)O)c1ccc(O)c(Br)c1. The van der Waals surface area contributed by atoms with E-state index in [9.17, 15) is 9.90 Å². The number of benzene rings is 1. The Kier molecular flexibility index (Phi) is 4.15. The van der Waals surface area contributed by atoms with Crippen molar-refractivity contribution < 1.29 is 15.0 Å². The lowest BCUT2D eigenvalue weighted by Crippen LogP contribution is -2.00. The molecule has 0 radical (unpaired) electrons. The zero-order valence-corrected chi connectivity index (χ0v) is 9.99. The van der Waals surface area contributed by atoms with Gasteiger partial charge in [-0.25, -0.2) is 0 Å². The molecule has 1 atom stereocenters. The van der Waals surface area contributed by atoms with E-state index in [2.05, 4.69) is 15.9 Å². The van der Waals surface area contributed by atoms with Crippen LogP contribution in [0.25, 0.3) is 0 Å². The lowest BCUT2D eigenvalue weighted by Gasteiger charge is -2.11. The predicted molar refractivity (Wildman–Crippen MR) is 61.1 cm³/mol. The Balaban J connectivity index is 2.69. The van der Waals surface area contributed by atoms with Crippen LogP contribution in [0.3, 0.4) is 0 Å². The van der Waals surface area contributed by atoms with E-state index >= 15 is 0 Å². The molecule has 0 saturated carbocycles. The number of hydrogen-bond acceptors (Lipinski definition) is 2. The maximum atomic E-state index is 10.4. The third kappa shape index (κ3) is 3.55. The molecule has 0 aliphatic rings. The van der Waals surface area contributed by atoms with Crippen LogP contribution in [0.15, 0.2) is 22.7 Å². The normalized spacial score (nSPS) is 12.4. The number of rotatable bonds is 4. The molecule has 0 heterocycles. The molecule has 3 nitrogen and oxygen atoms in total. The number of aliphatic carboxylic acids is 1. The van der Waals surface area contributed by atoms with Crippen molar-refractivity contribution in [2.75, 3.05) is 0 Å². The highest BCUT2D eigenvalue weighted by atomic mass is 79.9. The summed E-state index contributed by atoms with van der Waals surface area (Å²) in [7, 11) is 0. The van der Waals surface area contributed by atoms with Gasteiger partial charge in [0.15, 0.2) is 0 Å². The van der Waals surface area contributed by atoms with Crippen LogP contribution < -0.4 is 0 Å². The fourth-order valence-corrected chi connectivity index (χ4v) is 1.73. The monoisotopic (exact) mass is 272 g/mol. The Morgan fingerprint density at radius 3 is 2.73 bits per heavy atom. The van der Waals surface area contributed by atoms with E-state index in [4.69, 9.17) is 5.11 Å². The first kappa shape index (κ1) is 12.0. The van der Waals surface area contributed by atoms with Crippen molar-refractivity contribution in [3.05, 3.63) is 28.2 Å². The molecule has 0 spiro atoms. The Morgan fingerprint density at radius 2 is 2.20 bits per heavy atom. The summed E-state index contributed by atoms with van der Waals surface area (Å²) in [5.74, 6) is -0.401. The Hall–Kier alpha value is -1.03. The molecular weight excluding hydrogens is 260 g/mol. The van der Waals surface area contributed by atoms with Crippen molar-refractivity contribution in [1.82, 2.24) is 0 Å². The van der Waals surface area contributed by atoms with Gasteiger partial charge in [0.25, 0.3) is 0 Å². The first-order valence-corrected chi connectivity index (χ1v) is 5.50. The lowest BCUT2D eigenvalue weighted by molar-refractivity contribution is -0.137. The molecule has 0 aliphatic heterocycles. The maximum Gasteiger partial charge on any atom is 0.303 e. The molecule has 1 rings (SSSR count). The zero-order valence-electron chi connectivity index (χ0n) is 8.40. The fraction of sp³-hybridized carbons (Fsp3) is 0.364. The third-order valence-corrected chi connectivity index (χ3v) is 2.97. The predicted octanol–water partition coefficient (Wildman–Crippen LogP) is 3.12. The molecule has 15 heavy (non-hydrogen) atoms. The quantitative estimate of drug-likeness (QED) is 0.886. The summed E-state index contributed by atoms with van der Waals surface area (Å²) in [5.41, 5.74) is 1.03. The number of carboxylic acid groups (broad SMARTS) is 1. The van der Waals surface area contributed by atoms with E-state index in [0.29, 0.717) is 10.9 Å². The standard InChI is InChI=1S/C11H13BrO3/c1-7(2-5-11(14)15)8-3-4-10(13)9(12)6-8/h3-4,6-7,13H,2,5H2,1H3,(H,14,15). The van der Waals surface area contributed by atoms with Crippen molar-refractivity contribution in [3.63, 3.8) is 0 Å². The molecule has 82 valence electrons. The summed E-state index contributed by atoms with van der Waals surface area (Å²) in [6.07, 6.45) is 0.770. The molecule has 2 N–H and O–H groups in total. The molecule has 0 amide bonds. The van der Waals surface area contributed by atoms with Crippen molar-refractivity contribution in [3.8, 4) is 5.75 Å². The second-order valence-corrected chi connectivity index (χ2v) is 4.40. The topological polar surface area (TPSA) is 57.5 Å². The van der Waals surface area contributed by atoms with Gasteiger partial charge in [-0.1, -0.05) is 13.0 Å². The number of carbonyl (C=O) groups is 1. The molecule has 0 aliphatic carbocycles. The van der Waals surface area contributed by atoms with E-state index in [1.807, 2.05) is 19.1 Å². The van der Waals surface area contributed by atoms with Gasteiger partial charge in [0.1, 0.15) is 5.75 Å². The van der Waals surface area contributed by atoms with Gasteiger partial charge in [-0.2, -0.15) is 0 Å². The third-order valence-electron chi connectivity index (χ3n) is 2.33. The van der Waals surface area contributed by atoms with Crippen LogP contribution in [0, 0.1) is 0 Å². The molecule has 1 unspecified atom stereocenters. The minimum Gasteiger partial charge on any atom is -0.507 e. The van der Waals surface area contributed by atoms with Gasteiger partial charge < -0.3 is 10.2 Å². The van der Waals surface area contributed by atoms with Crippen LogP contribution in [-0.2, 0) is 4.79 Å². The summed E-state index contributed by atoms with van der Waals surface area (Å²) < 4.78 is 0.641. The highest BCUT2D eigenvalue weighted by Crippen LogP contribution is 2.29. The van der Waals surface area contributed by atoms with Gasteiger partial charge in [0.2, 0.25) is 0 Å². The fourth-order valence-electron chi connectivity index (χ4n) is 1.34. The highest BCUT2D eigenvalue weighted by molar-refractivity contribution is 9.10. The molecule has 0 fully saturated rings. The number of phenolic OH excluding ortho intramolecular Hbond substituents is 1. The highest BCUT2D eigenvalue weighted by Gasteiger charge is 2.09. The second-order valence-electron chi connectivity index (χ2n) is 3.54. The van der Waals surface area contributed by atoms with Gasteiger partial charge in [0.05, 0.1) is 4.47 Å². The van der Waals surface area contributed by atoms with E-state index in [-0.39, 0.29) is 18.1 Å². The van der Waals surface area contributed by atoms with Gasteiger partial charge >= 0.3 is 5.97 Å². The molecule has 1 aromatic rings. The number of hydrogen-bond donors (Lipinski definition) is 2. The molecule has 4 heteroatoms. The van der Waals surface area contributed by atoms with Gasteiger partial charge in [-0.05, 0) is 46.0 Å². The maximum absolute atomic E-state index is 10.4. The Bertz CT molecular complexity index is 363. The van der Waals surface area contributed by atoms with Gasteiger partial charge in [-0.3, -0.25) is 4.79 Å². The number of aromatic hydroxyl groups is 1. The summed E-state index contributed by atoms with van der Waals surface area (Å²) in [6, 6.07) is 5.24. The minimum atomic E-state index is -0.778. The molecule has 0 bridgehead atoms. The van der Waals surface area contributed by atoms with Crippen LogP contribution in [0.4, 0.5) is 0 Å². The summed E-state index contributed by atoms with van der Waals surface area (Å²) in [6.45, 7) is 1.97. The van der Waals surface area contributed by atoms with E-state index < -0.39 is 5.97 Å². The van der Waals surface area contributed by atoms with Crippen molar-refractivity contribution in [1.29, 1.82) is 0 Å². The zero-order chi connectivity index (χ0) is 11.4. The first-order valence-electron chi connectivity index (χ1n) is 4.71. The van der Waals surface area contributed by atoms with E-state index in [0.717, 1.165) is 5.56 Å². The molecule has 0 aromatic heterocycles. The molecular formula is C11H13BrO3. The Labute approximate surface area is 96.9 Å². The van der Waals surface area contributed by atoms with Crippen LogP contribution in [0.5, 0.6) is 5.75 Å². The summed E-state index contributed by atoms with van der Waals surface area (Å²) in [5, 5.41) is 17.9. The second kappa shape index (κ2) is 5.16. The van der Waals surface area contributed by atoms with Crippen LogP contribution >= 0.6 is 15.9 Å². The summed E-state index contributed by atoms with van der Waals surface area (Å²) in [4.78, 5) is 10.4. The van der Waals surface area contributed by atoms with Crippen molar-refractivity contribution in [2.45, 2.75) is 25.7 Å². The first-order chi connectivity index (χ1) is 7.00. The van der Waals surface area contributed by atoms with Crippen LogP contribution in [0.1, 0.15) is 31.2 Å². The van der Waals surface area contributed by atoms with Crippen molar-refractivity contribution in [2.24, 2.45) is 0 Å². The average molecular weight is 273 g/mol. The lowest BCUT2D eigenvalue weighted by atomic mass is 9.96. The Morgan fingerprint density at radius 1 is 1.53 bits per heavy atom. The number of carboxylic acids is 1. The summed E-state index contributed by atoms with van der Waals surface area (Å²) >= 11 is 3.23. The van der Waals surface area contributed by atoms with E-state index in [1.54, 1.807) is 6.07 Å². The average Bonchev–Trinajstić information content (AvgIpc) is 2.18. The molecule has 0 saturated heterocycles. The van der Waals surface area contributed by atoms with Gasteiger partial charge in [-0.15, -0.1) is 0 Å². The van der Waals surface area contributed by atoms with Crippen molar-refractivity contribution >= 4 is 21.9 Å². The number of halogens is 1. The van der Waals surface area contributed by atoms with E-state index in [1.165, 1.54) is 0 Å².